The molecule has 0 spiro atoms. The molecular formula is C13H18BrN. The van der Waals surface area contributed by atoms with Crippen molar-refractivity contribution in [1.82, 2.24) is 5.32 Å². The number of hydrogen-bond donors (Lipinski definition) is 1. The van der Waals surface area contributed by atoms with E-state index in [1.807, 2.05) is 0 Å². The van der Waals surface area contributed by atoms with Crippen molar-refractivity contribution in [3.8, 4) is 0 Å². The molecule has 0 unspecified atom stereocenters. The van der Waals surface area contributed by atoms with Crippen LogP contribution < -0.4 is 5.32 Å². The highest BCUT2D eigenvalue weighted by atomic mass is 79.9. The number of rotatable bonds is 5. The maximum absolute atomic E-state index is 3.44. The van der Waals surface area contributed by atoms with Crippen LogP contribution in [-0.2, 0) is 0 Å². The lowest BCUT2D eigenvalue weighted by Gasteiger charge is -2.05. The Balaban J connectivity index is 2.69. The number of hydrogen-bond acceptors (Lipinski definition) is 1. The van der Waals surface area contributed by atoms with E-state index in [0.717, 1.165) is 24.0 Å². The SMILES string of the molecule is CCNCC(=Cc1ccc(Br)cc1)CC. The monoisotopic (exact) mass is 267 g/mol. The van der Waals surface area contributed by atoms with Crippen LogP contribution in [0.25, 0.3) is 6.08 Å². The average molecular weight is 268 g/mol. The second-order valence-electron chi connectivity index (χ2n) is 3.49. The Bertz CT molecular complexity index is 314. The molecule has 1 N–H and O–H groups in total. The van der Waals surface area contributed by atoms with Gasteiger partial charge in [0.05, 0.1) is 0 Å². The standard InChI is InChI=1S/C13H18BrN/c1-3-11(10-15-4-2)9-12-5-7-13(14)8-6-12/h5-9,15H,3-4,10H2,1-2H3. The summed E-state index contributed by atoms with van der Waals surface area (Å²) < 4.78 is 1.13. The molecule has 0 aliphatic carbocycles. The maximum Gasteiger partial charge on any atom is 0.0175 e. The molecule has 15 heavy (non-hydrogen) atoms. The molecule has 0 aliphatic heterocycles. The van der Waals surface area contributed by atoms with Crippen LogP contribution in [-0.4, -0.2) is 13.1 Å². The Morgan fingerprint density at radius 2 is 1.93 bits per heavy atom. The summed E-state index contributed by atoms with van der Waals surface area (Å²) in [5.41, 5.74) is 2.71. The first kappa shape index (κ1) is 12.5. The fourth-order valence-corrected chi connectivity index (χ4v) is 1.62. The molecule has 82 valence electrons. The molecule has 0 bridgehead atoms. The van der Waals surface area contributed by atoms with E-state index < -0.39 is 0 Å². The van der Waals surface area contributed by atoms with Crippen molar-refractivity contribution in [2.45, 2.75) is 20.3 Å². The van der Waals surface area contributed by atoms with Crippen molar-refractivity contribution < 1.29 is 0 Å². The maximum atomic E-state index is 3.44. The average Bonchev–Trinajstić information content (AvgIpc) is 2.27. The molecule has 1 aromatic rings. The second-order valence-corrected chi connectivity index (χ2v) is 4.40. The molecular weight excluding hydrogens is 250 g/mol. The molecule has 0 aliphatic rings. The molecule has 0 saturated carbocycles. The van der Waals surface area contributed by atoms with Gasteiger partial charge in [-0.15, -0.1) is 0 Å². The van der Waals surface area contributed by atoms with Gasteiger partial charge in [-0.1, -0.05) is 53.6 Å². The Morgan fingerprint density at radius 1 is 1.27 bits per heavy atom. The first-order valence-electron chi connectivity index (χ1n) is 5.42. The van der Waals surface area contributed by atoms with E-state index in [0.29, 0.717) is 0 Å². The van der Waals surface area contributed by atoms with Crippen molar-refractivity contribution in [1.29, 1.82) is 0 Å². The molecule has 0 saturated heterocycles. The van der Waals surface area contributed by atoms with E-state index in [1.165, 1.54) is 11.1 Å². The molecule has 0 amide bonds. The van der Waals surface area contributed by atoms with E-state index in [1.54, 1.807) is 0 Å². The zero-order chi connectivity index (χ0) is 11.1. The van der Waals surface area contributed by atoms with Gasteiger partial charge in [0.25, 0.3) is 0 Å². The topological polar surface area (TPSA) is 12.0 Å². The third kappa shape index (κ3) is 4.63. The highest BCUT2D eigenvalue weighted by Crippen LogP contribution is 2.14. The van der Waals surface area contributed by atoms with E-state index in [4.69, 9.17) is 0 Å². The fraction of sp³-hybridized carbons (Fsp3) is 0.385. The lowest BCUT2D eigenvalue weighted by molar-refractivity contribution is 0.762. The summed E-state index contributed by atoms with van der Waals surface area (Å²) >= 11 is 3.44. The first-order chi connectivity index (χ1) is 7.26. The van der Waals surface area contributed by atoms with Crippen LogP contribution >= 0.6 is 15.9 Å². The van der Waals surface area contributed by atoms with E-state index in [9.17, 15) is 0 Å². The molecule has 1 rings (SSSR count). The molecule has 0 heterocycles. The summed E-state index contributed by atoms with van der Waals surface area (Å²) in [5.74, 6) is 0. The Hall–Kier alpha value is -0.600. The number of nitrogens with one attached hydrogen (secondary N) is 1. The molecule has 0 atom stereocenters. The molecule has 0 fully saturated rings. The van der Waals surface area contributed by atoms with Gasteiger partial charge in [-0.2, -0.15) is 0 Å². The zero-order valence-electron chi connectivity index (χ0n) is 9.39. The molecule has 1 aromatic carbocycles. The Labute approximate surface area is 101 Å². The van der Waals surface area contributed by atoms with Gasteiger partial charge in [-0.05, 0) is 30.7 Å². The van der Waals surface area contributed by atoms with Crippen molar-refractivity contribution in [3.63, 3.8) is 0 Å². The lowest BCUT2D eigenvalue weighted by atomic mass is 10.1. The van der Waals surface area contributed by atoms with Crippen molar-refractivity contribution >= 4 is 22.0 Å². The number of likely N-dealkylation sites (N-methyl/N-ethyl adjacent to an activating group) is 1. The summed E-state index contributed by atoms with van der Waals surface area (Å²) in [4.78, 5) is 0. The first-order valence-corrected chi connectivity index (χ1v) is 6.21. The van der Waals surface area contributed by atoms with Gasteiger partial charge in [0.2, 0.25) is 0 Å². The van der Waals surface area contributed by atoms with Gasteiger partial charge in [0.15, 0.2) is 0 Å². The van der Waals surface area contributed by atoms with Crippen LogP contribution in [0, 0.1) is 0 Å². The highest BCUT2D eigenvalue weighted by Gasteiger charge is 1.94. The van der Waals surface area contributed by atoms with Crippen LogP contribution in [0.3, 0.4) is 0 Å². The van der Waals surface area contributed by atoms with Crippen LogP contribution in [0.1, 0.15) is 25.8 Å². The summed E-state index contributed by atoms with van der Waals surface area (Å²) in [6.45, 7) is 6.34. The zero-order valence-corrected chi connectivity index (χ0v) is 11.0. The number of benzene rings is 1. The Kier molecular flexibility index (Phi) is 5.66. The van der Waals surface area contributed by atoms with Crippen LogP contribution in [0.15, 0.2) is 34.3 Å². The summed E-state index contributed by atoms with van der Waals surface area (Å²) in [5, 5.41) is 3.35. The lowest BCUT2D eigenvalue weighted by Crippen LogP contribution is -2.15. The van der Waals surface area contributed by atoms with Gasteiger partial charge in [0, 0.05) is 11.0 Å². The van der Waals surface area contributed by atoms with Crippen LogP contribution in [0.2, 0.25) is 0 Å². The minimum Gasteiger partial charge on any atom is -0.313 e. The van der Waals surface area contributed by atoms with E-state index in [2.05, 4.69) is 65.4 Å². The molecule has 0 radical (unpaired) electrons. The third-order valence-corrected chi connectivity index (χ3v) is 2.83. The van der Waals surface area contributed by atoms with Crippen molar-refractivity contribution in [2.24, 2.45) is 0 Å². The van der Waals surface area contributed by atoms with Crippen LogP contribution in [0.4, 0.5) is 0 Å². The second kappa shape index (κ2) is 6.81. The Morgan fingerprint density at radius 3 is 2.47 bits per heavy atom. The molecule has 0 aromatic heterocycles. The van der Waals surface area contributed by atoms with Crippen molar-refractivity contribution in [3.05, 3.63) is 39.9 Å². The summed E-state index contributed by atoms with van der Waals surface area (Å²) in [6, 6.07) is 8.41. The smallest absolute Gasteiger partial charge is 0.0175 e. The van der Waals surface area contributed by atoms with Gasteiger partial charge in [0.1, 0.15) is 0 Å². The van der Waals surface area contributed by atoms with E-state index >= 15 is 0 Å². The van der Waals surface area contributed by atoms with Gasteiger partial charge in [-0.3, -0.25) is 0 Å². The largest absolute Gasteiger partial charge is 0.313 e. The highest BCUT2D eigenvalue weighted by molar-refractivity contribution is 9.10. The predicted molar refractivity (Wildman–Crippen MR) is 71.0 cm³/mol. The normalized spacial score (nSPS) is 11.8. The fourth-order valence-electron chi connectivity index (χ4n) is 1.36. The predicted octanol–water partition coefficient (Wildman–Crippen LogP) is 3.85. The van der Waals surface area contributed by atoms with Gasteiger partial charge < -0.3 is 5.32 Å². The molecule has 1 nitrogen and oxygen atoms in total. The summed E-state index contributed by atoms with van der Waals surface area (Å²) in [6.07, 6.45) is 3.36. The van der Waals surface area contributed by atoms with Crippen molar-refractivity contribution in [2.75, 3.05) is 13.1 Å². The minimum atomic E-state index is 0.989. The minimum absolute atomic E-state index is 0.989. The van der Waals surface area contributed by atoms with Gasteiger partial charge >= 0.3 is 0 Å². The van der Waals surface area contributed by atoms with E-state index in [-0.39, 0.29) is 0 Å². The molecule has 2 heteroatoms. The summed E-state index contributed by atoms with van der Waals surface area (Å²) in [7, 11) is 0. The number of halogens is 1. The van der Waals surface area contributed by atoms with Crippen LogP contribution in [0.5, 0.6) is 0 Å². The van der Waals surface area contributed by atoms with Gasteiger partial charge in [-0.25, -0.2) is 0 Å². The third-order valence-electron chi connectivity index (χ3n) is 2.30. The quantitative estimate of drug-likeness (QED) is 0.855.